The third-order valence-corrected chi connectivity index (χ3v) is 3.37. The zero-order valence-corrected chi connectivity index (χ0v) is 10.7. The van der Waals surface area contributed by atoms with Crippen LogP contribution in [0.15, 0.2) is 39.7 Å². The van der Waals surface area contributed by atoms with E-state index in [4.69, 9.17) is 0 Å². The molecule has 3 aromatic heterocycles. The van der Waals surface area contributed by atoms with E-state index in [9.17, 15) is 0 Å². The van der Waals surface area contributed by atoms with Crippen molar-refractivity contribution in [3.63, 3.8) is 0 Å². The molecule has 0 amide bonds. The number of imidazole rings is 1. The summed E-state index contributed by atoms with van der Waals surface area (Å²) < 4.78 is 0.741. The number of rotatable bonds is 2. The molecule has 17 heavy (non-hydrogen) atoms. The average molecular weight is 309 g/mol. The number of hydrogen-bond acceptors (Lipinski definition) is 6. The monoisotopic (exact) mass is 308 g/mol. The molecule has 1 N–H and O–H groups in total. The Morgan fingerprint density at radius 2 is 1.94 bits per heavy atom. The van der Waals surface area contributed by atoms with E-state index in [0.29, 0.717) is 5.65 Å². The summed E-state index contributed by atoms with van der Waals surface area (Å²) in [5.74, 6) is 0. The Balaban J connectivity index is 2.02. The lowest BCUT2D eigenvalue weighted by molar-refractivity contribution is 1.02. The molecule has 0 spiro atoms. The molecule has 0 saturated heterocycles. The van der Waals surface area contributed by atoms with Crippen LogP contribution in [0.25, 0.3) is 11.2 Å². The second kappa shape index (κ2) is 4.38. The fourth-order valence-corrected chi connectivity index (χ4v) is 2.57. The van der Waals surface area contributed by atoms with Crippen molar-refractivity contribution in [3.05, 3.63) is 29.7 Å². The van der Waals surface area contributed by atoms with Gasteiger partial charge in [0.05, 0.1) is 6.33 Å². The molecular formula is C9H5BrN6S. The highest BCUT2D eigenvalue weighted by atomic mass is 79.9. The van der Waals surface area contributed by atoms with E-state index in [1.807, 2.05) is 6.07 Å². The average Bonchev–Trinajstić information content (AvgIpc) is 2.78. The van der Waals surface area contributed by atoms with Crippen LogP contribution in [-0.4, -0.2) is 29.9 Å². The second-order valence-electron chi connectivity index (χ2n) is 3.06. The van der Waals surface area contributed by atoms with E-state index in [2.05, 4.69) is 45.8 Å². The normalized spacial score (nSPS) is 10.9. The number of halogens is 1. The summed E-state index contributed by atoms with van der Waals surface area (Å²) in [5.41, 5.74) is 1.46. The summed E-state index contributed by atoms with van der Waals surface area (Å²) in [6.07, 6.45) is 4.58. The molecule has 84 valence electrons. The third-order valence-electron chi connectivity index (χ3n) is 2.00. The predicted octanol–water partition coefficient (Wildman–Crippen LogP) is 2.06. The van der Waals surface area contributed by atoms with Crippen molar-refractivity contribution < 1.29 is 0 Å². The molecule has 0 atom stereocenters. The minimum Gasteiger partial charge on any atom is -0.341 e. The fraction of sp³-hybridized carbons (Fsp3) is 0. The van der Waals surface area contributed by atoms with Gasteiger partial charge in [0.25, 0.3) is 0 Å². The number of nitrogens with one attached hydrogen (secondary N) is 1. The van der Waals surface area contributed by atoms with Crippen LogP contribution in [0.2, 0.25) is 0 Å². The molecule has 0 saturated carbocycles. The SMILES string of the molecule is Brc1cc(Sc2ncnc3nc[nH]c23)ncn1. The molecule has 3 heterocycles. The van der Waals surface area contributed by atoms with Gasteiger partial charge in [0, 0.05) is 6.07 Å². The Morgan fingerprint density at radius 3 is 2.82 bits per heavy atom. The van der Waals surface area contributed by atoms with Crippen LogP contribution in [0, 0.1) is 0 Å². The molecule has 0 fully saturated rings. The molecule has 3 aromatic rings. The first-order valence-electron chi connectivity index (χ1n) is 4.62. The van der Waals surface area contributed by atoms with Crippen molar-refractivity contribution in [2.45, 2.75) is 10.1 Å². The molecule has 0 aliphatic heterocycles. The molecule has 0 radical (unpaired) electrons. The highest BCUT2D eigenvalue weighted by Gasteiger charge is 2.08. The van der Waals surface area contributed by atoms with Crippen LogP contribution in [0.1, 0.15) is 0 Å². The van der Waals surface area contributed by atoms with Gasteiger partial charge in [-0.1, -0.05) is 0 Å². The van der Waals surface area contributed by atoms with Crippen molar-refractivity contribution in [1.82, 2.24) is 29.9 Å². The second-order valence-corrected chi connectivity index (χ2v) is 4.88. The largest absolute Gasteiger partial charge is 0.341 e. The molecule has 0 aliphatic rings. The van der Waals surface area contributed by atoms with Crippen molar-refractivity contribution >= 4 is 38.9 Å². The summed E-state index contributed by atoms with van der Waals surface area (Å²) in [4.78, 5) is 23.5. The molecule has 3 rings (SSSR count). The van der Waals surface area contributed by atoms with E-state index in [-0.39, 0.29) is 0 Å². The van der Waals surface area contributed by atoms with E-state index >= 15 is 0 Å². The number of hydrogen-bond donors (Lipinski definition) is 1. The Morgan fingerprint density at radius 1 is 1.06 bits per heavy atom. The molecule has 0 aliphatic carbocycles. The molecule has 6 nitrogen and oxygen atoms in total. The van der Waals surface area contributed by atoms with Gasteiger partial charge in [-0.05, 0) is 27.7 Å². The molecule has 0 unspecified atom stereocenters. The first-order chi connectivity index (χ1) is 8.33. The van der Waals surface area contributed by atoms with Crippen molar-refractivity contribution in [2.75, 3.05) is 0 Å². The van der Waals surface area contributed by atoms with Crippen LogP contribution in [-0.2, 0) is 0 Å². The van der Waals surface area contributed by atoms with Crippen molar-refractivity contribution in [1.29, 1.82) is 0 Å². The van der Waals surface area contributed by atoms with Gasteiger partial charge in [0.1, 0.15) is 32.8 Å². The maximum atomic E-state index is 4.21. The molecule has 8 heteroatoms. The number of fused-ring (bicyclic) bond motifs is 1. The van der Waals surface area contributed by atoms with Gasteiger partial charge in [-0.2, -0.15) is 0 Å². The summed E-state index contributed by atoms with van der Waals surface area (Å²) in [6.45, 7) is 0. The highest BCUT2D eigenvalue weighted by molar-refractivity contribution is 9.10. The van der Waals surface area contributed by atoms with Gasteiger partial charge < -0.3 is 4.98 Å². The Hall–Kier alpha value is -1.54. The van der Waals surface area contributed by atoms with Crippen LogP contribution >= 0.6 is 27.7 Å². The fourth-order valence-electron chi connectivity index (χ4n) is 1.29. The van der Waals surface area contributed by atoms with Gasteiger partial charge in [0.15, 0.2) is 5.65 Å². The van der Waals surface area contributed by atoms with E-state index in [1.54, 1.807) is 6.33 Å². The lowest BCUT2D eigenvalue weighted by Gasteiger charge is -2.00. The van der Waals surface area contributed by atoms with Gasteiger partial charge in [0.2, 0.25) is 0 Å². The Kier molecular flexibility index (Phi) is 2.73. The lowest BCUT2D eigenvalue weighted by Crippen LogP contribution is -1.88. The van der Waals surface area contributed by atoms with Gasteiger partial charge >= 0.3 is 0 Å². The maximum Gasteiger partial charge on any atom is 0.181 e. The van der Waals surface area contributed by atoms with E-state index in [0.717, 1.165) is 20.2 Å². The zero-order valence-electron chi connectivity index (χ0n) is 8.33. The number of aromatic nitrogens is 6. The molecular weight excluding hydrogens is 304 g/mol. The minimum absolute atomic E-state index is 0.649. The van der Waals surface area contributed by atoms with Crippen LogP contribution in [0.5, 0.6) is 0 Å². The summed E-state index contributed by atoms with van der Waals surface area (Å²) in [6, 6.07) is 1.83. The van der Waals surface area contributed by atoms with E-state index < -0.39 is 0 Å². The Labute approximate surface area is 108 Å². The molecule has 0 aromatic carbocycles. The summed E-state index contributed by atoms with van der Waals surface area (Å²) in [7, 11) is 0. The van der Waals surface area contributed by atoms with Crippen molar-refractivity contribution in [2.24, 2.45) is 0 Å². The quantitative estimate of drug-likeness (QED) is 0.730. The number of H-pyrrole nitrogens is 1. The Bertz CT molecular complexity index is 669. The first kappa shape index (κ1) is 10.6. The molecule has 0 bridgehead atoms. The topological polar surface area (TPSA) is 80.2 Å². The zero-order chi connectivity index (χ0) is 11.7. The lowest BCUT2D eigenvalue weighted by atomic mass is 10.6. The standard InChI is InChI=1S/C9H5BrN6S/c10-5-1-6(12-2-11-5)17-9-7-8(14-3-13-7)15-4-16-9/h1-4H,(H,13,14,15,16). The smallest absolute Gasteiger partial charge is 0.181 e. The number of nitrogens with zero attached hydrogens (tertiary/aromatic N) is 5. The van der Waals surface area contributed by atoms with Gasteiger partial charge in [-0.25, -0.2) is 24.9 Å². The van der Waals surface area contributed by atoms with Crippen LogP contribution < -0.4 is 0 Å². The van der Waals surface area contributed by atoms with Crippen LogP contribution in [0.4, 0.5) is 0 Å². The first-order valence-corrected chi connectivity index (χ1v) is 6.23. The number of aromatic amines is 1. The van der Waals surface area contributed by atoms with Crippen LogP contribution in [0.3, 0.4) is 0 Å². The van der Waals surface area contributed by atoms with Gasteiger partial charge in [-0.15, -0.1) is 0 Å². The summed E-state index contributed by atoms with van der Waals surface area (Å²) >= 11 is 4.73. The third kappa shape index (κ3) is 2.13. The summed E-state index contributed by atoms with van der Waals surface area (Å²) in [5, 5.41) is 1.60. The minimum atomic E-state index is 0.649. The highest BCUT2D eigenvalue weighted by Crippen LogP contribution is 2.28. The predicted molar refractivity (Wildman–Crippen MR) is 65.5 cm³/mol. The van der Waals surface area contributed by atoms with E-state index in [1.165, 1.54) is 24.4 Å². The van der Waals surface area contributed by atoms with Gasteiger partial charge in [-0.3, -0.25) is 0 Å². The maximum absolute atomic E-state index is 4.21. The van der Waals surface area contributed by atoms with Crippen molar-refractivity contribution in [3.8, 4) is 0 Å².